The van der Waals surface area contributed by atoms with E-state index in [2.05, 4.69) is 0 Å². The highest BCUT2D eigenvalue weighted by Crippen LogP contribution is 2.18. The maximum atomic E-state index is 11.2. The molecule has 0 saturated carbocycles. The van der Waals surface area contributed by atoms with Gasteiger partial charge in [0.2, 0.25) is 0 Å². The minimum absolute atomic E-state index is 0.279. The van der Waals surface area contributed by atoms with Crippen LogP contribution in [0.2, 0.25) is 0 Å². The number of hydrogen-bond acceptors (Lipinski definition) is 3. The quantitative estimate of drug-likeness (QED) is 0.690. The maximum absolute atomic E-state index is 11.2. The lowest BCUT2D eigenvalue weighted by molar-refractivity contribution is -0.141. The van der Waals surface area contributed by atoms with Crippen molar-refractivity contribution < 1.29 is 19.4 Å². The van der Waals surface area contributed by atoms with Crippen molar-refractivity contribution in [3.05, 3.63) is 0 Å². The van der Waals surface area contributed by atoms with E-state index in [4.69, 9.17) is 9.84 Å². The van der Waals surface area contributed by atoms with Crippen LogP contribution in [-0.4, -0.2) is 41.3 Å². The smallest absolute Gasteiger partial charge is 0.410 e. The zero-order valence-electron chi connectivity index (χ0n) is 7.52. The molecule has 5 heteroatoms. The molecule has 1 N–H and O–H groups in total. The van der Waals surface area contributed by atoms with Crippen molar-refractivity contribution >= 4 is 12.1 Å². The minimum Gasteiger partial charge on any atom is -0.480 e. The molecule has 0 aromatic rings. The lowest BCUT2D eigenvalue weighted by Gasteiger charge is -2.19. The molecule has 0 aromatic carbocycles. The number of ether oxygens (including phenoxy) is 1. The first-order chi connectivity index (χ1) is 6.16. The molecule has 0 aromatic heterocycles. The Morgan fingerprint density at radius 3 is 2.85 bits per heavy atom. The number of carbonyl (C=O) groups is 2. The van der Waals surface area contributed by atoms with Gasteiger partial charge in [-0.1, -0.05) is 0 Å². The third-order valence-electron chi connectivity index (χ3n) is 2.04. The Kier molecular flexibility index (Phi) is 3.11. The maximum Gasteiger partial charge on any atom is 0.410 e. The van der Waals surface area contributed by atoms with E-state index in [0.29, 0.717) is 13.0 Å². The first kappa shape index (κ1) is 9.83. The van der Waals surface area contributed by atoms with Gasteiger partial charge in [-0.15, -0.1) is 0 Å². The molecule has 0 spiro atoms. The molecule has 0 unspecified atom stereocenters. The molecule has 1 amide bonds. The average Bonchev–Trinajstić information content (AvgIpc) is 2.52. The summed E-state index contributed by atoms with van der Waals surface area (Å²) in [5, 5.41) is 8.75. The van der Waals surface area contributed by atoms with Gasteiger partial charge in [-0.2, -0.15) is 0 Å². The van der Waals surface area contributed by atoms with Gasteiger partial charge in [0.1, 0.15) is 6.04 Å². The van der Waals surface area contributed by atoms with Crippen LogP contribution in [0.1, 0.15) is 19.8 Å². The van der Waals surface area contributed by atoms with Crippen LogP contribution in [0, 0.1) is 0 Å². The van der Waals surface area contributed by atoms with Gasteiger partial charge in [-0.25, -0.2) is 9.59 Å². The van der Waals surface area contributed by atoms with Gasteiger partial charge < -0.3 is 9.84 Å². The van der Waals surface area contributed by atoms with E-state index in [9.17, 15) is 9.59 Å². The summed E-state index contributed by atoms with van der Waals surface area (Å²) in [7, 11) is 0. The molecule has 0 bridgehead atoms. The lowest BCUT2D eigenvalue weighted by atomic mass is 10.2. The molecule has 1 rings (SSSR count). The molecular weight excluding hydrogens is 174 g/mol. The molecule has 74 valence electrons. The number of rotatable bonds is 2. The fourth-order valence-electron chi connectivity index (χ4n) is 1.45. The standard InChI is InChI=1S/C8H13NO4/c1-2-13-8(12)9-5-3-4-6(9)7(10)11/h6H,2-5H2,1H3,(H,10,11)/t6-/m0/s1. The lowest BCUT2D eigenvalue weighted by Crippen LogP contribution is -2.40. The van der Waals surface area contributed by atoms with E-state index in [0.717, 1.165) is 6.42 Å². The van der Waals surface area contributed by atoms with Crippen molar-refractivity contribution in [1.82, 2.24) is 4.90 Å². The van der Waals surface area contributed by atoms with Crippen molar-refractivity contribution in [1.29, 1.82) is 0 Å². The summed E-state index contributed by atoms with van der Waals surface area (Å²) >= 11 is 0. The Balaban J connectivity index is 2.57. The van der Waals surface area contributed by atoms with Crippen LogP contribution in [-0.2, 0) is 9.53 Å². The molecule has 5 nitrogen and oxygen atoms in total. The van der Waals surface area contributed by atoms with Crippen LogP contribution < -0.4 is 0 Å². The van der Waals surface area contributed by atoms with Gasteiger partial charge in [0.05, 0.1) is 6.61 Å². The summed E-state index contributed by atoms with van der Waals surface area (Å²) in [5.41, 5.74) is 0. The van der Waals surface area contributed by atoms with E-state index in [1.807, 2.05) is 0 Å². The third-order valence-corrected chi connectivity index (χ3v) is 2.04. The first-order valence-electron chi connectivity index (χ1n) is 4.33. The summed E-state index contributed by atoms with van der Waals surface area (Å²) in [5.74, 6) is -0.953. The number of likely N-dealkylation sites (tertiary alicyclic amines) is 1. The van der Waals surface area contributed by atoms with Crippen LogP contribution in [0.25, 0.3) is 0 Å². The van der Waals surface area contributed by atoms with Gasteiger partial charge in [0.25, 0.3) is 0 Å². The molecule has 1 heterocycles. The summed E-state index contributed by atoms with van der Waals surface area (Å²) in [6.07, 6.45) is 0.733. The number of carboxylic acid groups (broad SMARTS) is 1. The topological polar surface area (TPSA) is 66.8 Å². The highest BCUT2D eigenvalue weighted by molar-refractivity contribution is 5.80. The van der Waals surface area contributed by atoms with E-state index < -0.39 is 18.1 Å². The largest absolute Gasteiger partial charge is 0.480 e. The third kappa shape index (κ3) is 2.11. The predicted molar refractivity (Wildman–Crippen MR) is 44.4 cm³/mol. The van der Waals surface area contributed by atoms with Gasteiger partial charge in [-0.3, -0.25) is 4.90 Å². The van der Waals surface area contributed by atoms with E-state index >= 15 is 0 Å². The SMILES string of the molecule is CCOC(=O)N1CCC[C@H]1C(=O)O. The second-order valence-electron chi connectivity index (χ2n) is 2.89. The predicted octanol–water partition coefficient (Wildman–Crippen LogP) is 0.692. The number of hydrogen-bond donors (Lipinski definition) is 1. The van der Waals surface area contributed by atoms with Crippen LogP contribution >= 0.6 is 0 Å². The number of nitrogens with zero attached hydrogens (tertiary/aromatic N) is 1. The van der Waals surface area contributed by atoms with Crippen LogP contribution in [0.4, 0.5) is 4.79 Å². The molecular formula is C8H13NO4. The van der Waals surface area contributed by atoms with E-state index in [1.54, 1.807) is 6.92 Å². The Morgan fingerprint density at radius 2 is 2.31 bits per heavy atom. The second-order valence-corrected chi connectivity index (χ2v) is 2.89. The molecule has 1 atom stereocenters. The molecule has 1 saturated heterocycles. The van der Waals surface area contributed by atoms with Crippen molar-refractivity contribution in [3.63, 3.8) is 0 Å². The molecule has 1 aliphatic heterocycles. The Labute approximate surface area is 76.3 Å². The van der Waals surface area contributed by atoms with Crippen LogP contribution in [0.3, 0.4) is 0 Å². The van der Waals surface area contributed by atoms with E-state index in [-0.39, 0.29) is 6.61 Å². The van der Waals surface area contributed by atoms with Crippen LogP contribution in [0.15, 0.2) is 0 Å². The number of amides is 1. The van der Waals surface area contributed by atoms with E-state index in [1.165, 1.54) is 4.90 Å². The van der Waals surface area contributed by atoms with Crippen LogP contribution in [0.5, 0.6) is 0 Å². The first-order valence-corrected chi connectivity index (χ1v) is 4.33. The summed E-state index contributed by atoms with van der Waals surface area (Å²) in [6.45, 7) is 2.46. The fourth-order valence-corrected chi connectivity index (χ4v) is 1.45. The second kappa shape index (κ2) is 4.11. The van der Waals surface area contributed by atoms with Crippen molar-refractivity contribution in [3.8, 4) is 0 Å². The monoisotopic (exact) mass is 187 g/mol. The van der Waals surface area contributed by atoms with Gasteiger partial charge in [0, 0.05) is 6.54 Å². The summed E-state index contributed by atoms with van der Waals surface area (Å²) in [4.78, 5) is 23.1. The average molecular weight is 187 g/mol. The minimum atomic E-state index is -0.953. The fraction of sp³-hybridized carbons (Fsp3) is 0.750. The summed E-state index contributed by atoms with van der Waals surface area (Å²) < 4.78 is 4.73. The number of carbonyl (C=O) groups excluding carboxylic acids is 1. The highest BCUT2D eigenvalue weighted by Gasteiger charge is 2.34. The summed E-state index contributed by atoms with van der Waals surface area (Å²) in [6, 6.07) is -0.695. The zero-order valence-corrected chi connectivity index (χ0v) is 7.52. The van der Waals surface area contributed by atoms with Gasteiger partial charge in [0.15, 0.2) is 0 Å². The molecule has 13 heavy (non-hydrogen) atoms. The van der Waals surface area contributed by atoms with Crippen molar-refractivity contribution in [2.45, 2.75) is 25.8 Å². The Bertz CT molecular complexity index is 216. The molecule has 1 aliphatic rings. The molecule has 0 aliphatic carbocycles. The molecule has 0 radical (unpaired) electrons. The normalized spacial score (nSPS) is 21.6. The molecule has 1 fully saturated rings. The Hall–Kier alpha value is -1.26. The van der Waals surface area contributed by atoms with Gasteiger partial charge in [-0.05, 0) is 19.8 Å². The number of carboxylic acids is 1. The van der Waals surface area contributed by atoms with Gasteiger partial charge >= 0.3 is 12.1 Å². The van der Waals surface area contributed by atoms with Crippen molar-refractivity contribution in [2.24, 2.45) is 0 Å². The number of aliphatic carboxylic acids is 1. The highest BCUT2D eigenvalue weighted by atomic mass is 16.6. The Morgan fingerprint density at radius 1 is 1.62 bits per heavy atom. The van der Waals surface area contributed by atoms with Crippen molar-refractivity contribution in [2.75, 3.05) is 13.2 Å². The zero-order chi connectivity index (χ0) is 9.84.